The number of aromatic nitrogens is 2. The van der Waals surface area contributed by atoms with Crippen LogP contribution in [0, 0.1) is 6.92 Å². The summed E-state index contributed by atoms with van der Waals surface area (Å²) in [7, 11) is 0. The number of H-pyrrole nitrogens is 1. The van der Waals surface area contributed by atoms with E-state index in [4.69, 9.17) is 5.11 Å². The van der Waals surface area contributed by atoms with Crippen LogP contribution >= 0.6 is 11.3 Å². The van der Waals surface area contributed by atoms with Gasteiger partial charge in [-0.2, -0.15) is 0 Å². The Labute approximate surface area is 97.0 Å². The molecule has 5 heteroatoms. The van der Waals surface area contributed by atoms with E-state index in [1.54, 1.807) is 11.3 Å². The lowest BCUT2D eigenvalue weighted by Gasteiger charge is -1.93. The fourth-order valence-corrected chi connectivity index (χ4v) is 2.16. The van der Waals surface area contributed by atoms with Gasteiger partial charge in [-0.05, 0) is 18.4 Å². The molecule has 0 aromatic carbocycles. The number of hydrogen-bond acceptors (Lipinski definition) is 3. The van der Waals surface area contributed by atoms with Gasteiger partial charge < -0.3 is 10.1 Å². The standard InChI is InChI=1S/C11H12N2O2S/c1-7-8(4-5-10(14)15)13-11(12-7)9-3-2-6-16-9/h2-3,6H,4-5H2,1H3,(H,12,13)(H,14,15). The van der Waals surface area contributed by atoms with Crippen LogP contribution in [0.3, 0.4) is 0 Å². The lowest BCUT2D eigenvalue weighted by molar-refractivity contribution is -0.136. The molecule has 16 heavy (non-hydrogen) atoms. The van der Waals surface area contributed by atoms with Crippen molar-refractivity contribution in [3.63, 3.8) is 0 Å². The number of nitrogens with one attached hydrogen (secondary N) is 1. The summed E-state index contributed by atoms with van der Waals surface area (Å²) in [5, 5.41) is 10.6. The van der Waals surface area contributed by atoms with Crippen LogP contribution in [0.25, 0.3) is 10.7 Å². The molecule has 2 N–H and O–H groups in total. The zero-order valence-electron chi connectivity index (χ0n) is 8.86. The van der Waals surface area contributed by atoms with Crippen molar-refractivity contribution in [3.05, 3.63) is 28.9 Å². The van der Waals surface area contributed by atoms with Crippen LogP contribution in [-0.2, 0) is 11.2 Å². The number of aliphatic carboxylic acids is 1. The molecule has 0 bridgehead atoms. The Hall–Kier alpha value is -1.62. The average Bonchev–Trinajstić information content (AvgIpc) is 2.83. The lowest BCUT2D eigenvalue weighted by Crippen LogP contribution is -1.98. The van der Waals surface area contributed by atoms with Crippen LogP contribution in [0.5, 0.6) is 0 Å². The van der Waals surface area contributed by atoms with Gasteiger partial charge >= 0.3 is 5.97 Å². The van der Waals surface area contributed by atoms with Crippen molar-refractivity contribution in [2.24, 2.45) is 0 Å². The minimum atomic E-state index is -0.792. The van der Waals surface area contributed by atoms with Gasteiger partial charge in [0.25, 0.3) is 0 Å². The van der Waals surface area contributed by atoms with Crippen molar-refractivity contribution in [2.45, 2.75) is 19.8 Å². The van der Waals surface area contributed by atoms with E-state index < -0.39 is 5.97 Å². The van der Waals surface area contributed by atoms with E-state index in [2.05, 4.69) is 9.97 Å². The van der Waals surface area contributed by atoms with E-state index in [0.29, 0.717) is 6.42 Å². The monoisotopic (exact) mass is 236 g/mol. The fraction of sp³-hybridized carbons (Fsp3) is 0.273. The van der Waals surface area contributed by atoms with Gasteiger partial charge in [-0.3, -0.25) is 4.79 Å². The summed E-state index contributed by atoms with van der Waals surface area (Å²) in [5.41, 5.74) is 1.79. The molecule has 0 unspecified atom stereocenters. The summed E-state index contributed by atoms with van der Waals surface area (Å²) in [4.78, 5) is 19.2. The average molecular weight is 236 g/mol. The Kier molecular flexibility index (Phi) is 3.05. The number of imidazole rings is 1. The molecule has 0 saturated heterocycles. The van der Waals surface area contributed by atoms with Gasteiger partial charge in [-0.15, -0.1) is 11.3 Å². The molecule has 4 nitrogen and oxygen atoms in total. The number of aromatic amines is 1. The van der Waals surface area contributed by atoms with Crippen molar-refractivity contribution in [1.29, 1.82) is 0 Å². The lowest BCUT2D eigenvalue weighted by atomic mass is 10.2. The Balaban J connectivity index is 2.19. The molecule has 84 valence electrons. The van der Waals surface area contributed by atoms with Gasteiger partial charge in [-0.1, -0.05) is 6.07 Å². The van der Waals surface area contributed by atoms with Crippen LogP contribution in [0.2, 0.25) is 0 Å². The number of carboxylic acids is 1. The topological polar surface area (TPSA) is 66.0 Å². The molecule has 0 amide bonds. The molecule has 0 aliphatic rings. The fourth-order valence-electron chi connectivity index (χ4n) is 1.50. The number of thiophene rings is 1. The number of rotatable bonds is 4. The third kappa shape index (κ3) is 2.30. The first-order chi connectivity index (χ1) is 7.66. The number of carboxylic acid groups (broad SMARTS) is 1. The van der Waals surface area contributed by atoms with Crippen molar-refractivity contribution in [3.8, 4) is 10.7 Å². The van der Waals surface area contributed by atoms with Gasteiger partial charge in [-0.25, -0.2) is 4.98 Å². The highest BCUT2D eigenvalue weighted by Crippen LogP contribution is 2.23. The predicted octanol–water partition coefficient (Wildman–Crippen LogP) is 2.46. The highest BCUT2D eigenvalue weighted by atomic mass is 32.1. The minimum absolute atomic E-state index is 0.121. The second-order valence-corrected chi connectivity index (χ2v) is 4.48. The molecule has 0 fully saturated rings. The molecule has 2 heterocycles. The van der Waals surface area contributed by atoms with E-state index in [9.17, 15) is 4.79 Å². The molecule has 0 atom stereocenters. The quantitative estimate of drug-likeness (QED) is 0.857. The largest absolute Gasteiger partial charge is 0.481 e. The third-order valence-electron chi connectivity index (χ3n) is 2.32. The summed E-state index contributed by atoms with van der Waals surface area (Å²) in [6, 6.07) is 3.96. The van der Waals surface area contributed by atoms with Gasteiger partial charge in [0.1, 0.15) is 5.82 Å². The molecule has 2 aromatic heterocycles. The van der Waals surface area contributed by atoms with E-state index in [1.165, 1.54) is 0 Å². The highest BCUT2D eigenvalue weighted by molar-refractivity contribution is 7.13. The molecule has 0 aliphatic heterocycles. The first-order valence-electron chi connectivity index (χ1n) is 4.98. The Morgan fingerprint density at radius 3 is 3.06 bits per heavy atom. The van der Waals surface area contributed by atoms with Crippen LogP contribution in [0.1, 0.15) is 17.8 Å². The van der Waals surface area contributed by atoms with E-state index in [0.717, 1.165) is 22.1 Å². The first-order valence-corrected chi connectivity index (χ1v) is 5.86. The van der Waals surface area contributed by atoms with E-state index in [1.807, 2.05) is 24.4 Å². The zero-order valence-corrected chi connectivity index (χ0v) is 9.67. The molecule has 0 radical (unpaired) electrons. The minimum Gasteiger partial charge on any atom is -0.481 e. The van der Waals surface area contributed by atoms with Gasteiger partial charge in [0.15, 0.2) is 0 Å². The van der Waals surface area contributed by atoms with Crippen LogP contribution < -0.4 is 0 Å². The van der Waals surface area contributed by atoms with Crippen molar-refractivity contribution < 1.29 is 9.90 Å². The number of hydrogen-bond donors (Lipinski definition) is 2. The summed E-state index contributed by atoms with van der Waals surface area (Å²) < 4.78 is 0. The maximum atomic E-state index is 10.5. The SMILES string of the molecule is Cc1[nH]c(-c2cccs2)nc1CCC(=O)O. The molecular weight excluding hydrogens is 224 g/mol. The smallest absolute Gasteiger partial charge is 0.303 e. The van der Waals surface area contributed by atoms with Crippen molar-refractivity contribution in [2.75, 3.05) is 0 Å². The first kappa shape index (κ1) is 10.9. The van der Waals surface area contributed by atoms with Crippen LogP contribution in [0.15, 0.2) is 17.5 Å². The Morgan fingerprint density at radius 2 is 2.44 bits per heavy atom. The number of nitrogens with zero attached hydrogens (tertiary/aromatic N) is 1. The summed E-state index contributed by atoms with van der Waals surface area (Å²) in [5.74, 6) is 0.0352. The predicted molar refractivity (Wildman–Crippen MR) is 62.6 cm³/mol. The molecule has 2 rings (SSSR count). The van der Waals surface area contributed by atoms with Gasteiger partial charge in [0.05, 0.1) is 17.0 Å². The van der Waals surface area contributed by atoms with Crippen molar-refractivity contribution >= 4 is 17.3 Å². The summed E-state index contributed by atoms with van der Waals surface area (Å²) >= 11 is 1.61. The third-order valence-corrected chi connectivity index (χ3v) is 3.19. The van der Waals surface area contributed by atoms with Gasteiger partial charge in [0.2, 0.25) is 0 Å². The number of carbonyl (C=O) groups is 1. The summed E-state index contributed by atoms with van der Waals surface area (Å²) in [6.07, 6.45) is 0.596. The Bertz CT molecular complexity index is 488. The highest BCUT2D eigenvalue weighted by Gasteiger charge is 2.10. The molecule has 0 spiro atoms. The maximum Gasteiger partial charge on any atom is 0.303 e. The maximum absolute atomic E-state index is 10.5. The molecule has 2 aromatic rings. The zero-order chi connectivity index (χ0) is 11.5. The van der Waals surface area contributed by atoms with Crippen LogP contribution in [0.4, 0.5) is 0 Å². The van der Waals surface area contributed by atoms with Crippen molar-refractivity contribution in [1.82, 2.24) is 9.97 Å². The molecular formula is C11H12N2O2S. The second kappa shape index (κ2) is 4.49. The Morgan fingerprint density at radius 1 is 1.62 bits per heavy atom. The van der Waals surface area contributed by atoms with Gasteiger partial charge in [0, 0.05) is 12.1 Å². The molecule has 0 aliphatic carbocycles. The summed E-state index contributed by atoms with van der Waals surface area (Å²) in [6.45, 7) is 1.92. The second-order valence-electron chi connectivity index (χ2n) is 3.53. The molecule has 0 saturated carbocycles. The number of aryl methyl sites for hydroxylation is 2. The van der Waals surface area contributed by atoms with E-state index in [-0.39, 0.29) is 6.42 Å². The normalized spacial score (nSPS) is 10.6. The van der Waals surface area contributed by atoms with E-state index >= 15 is 0 Å². The van der Waals surface area contributed by atoms with Crippen LogP contribution in [-0.4, -0.2) is 21.0 Å².